The van der Waals surface area contributed by atoms with Gasteiger partial charge in [-0.3, -0.25) is 4.79 Å². The van der Waals surface area contributed by atoms with Gasteiger partial charge < -0.3 is 14.3 Å². The Morgan fingerprint density at radius 1 is 0.881 bits per heavy atom. The molecule has 232 valence electrons. The Morgan fingerprint density at radius 3 is 2.02 bits per heavy atom. The SMILES string of the molecule is CC(C)[C@H]1CC[C@H](C)C[C@@H]1OC(=O)[C@@H]1/C(=C/C(=O)O[C@@H]2C[C@H](C)CC[C@H]2C(C)C)ON2[C@H]1CC[C@@]2(C)c1ccccc1. The van der Waals surface area contributed by atoms with E-state index < -0.39 is 17.4 Å². The molecule has 6 heteroatoms. The maximum Gasteiger partial charge on any atom is 0.334 e. The Morgan fingerprint density at radius 2 is 1.45 bits per heavy atom. The minimum atomic E-state index is -0.653. The quantitative estimate of drug-likeness (QED) is 0.242. The number of hydroxylamine groups is 2. The Kier molecular flexibility index (Phi) is 9.42. The van der Waals surface area contributed by atoms with E-state index in [9.17, 15) is 9.59 Å². The first kappa shape index (κ1) is 31.1. The zero-order valence-corrected chi connectivity index (χ0v) is 26.9. The van der Waals surface area contributed by atoms with Crippen LogP contribution < -0.4 is 0 Å². The molecular formula is C36H53NO5. The Hall–Kier alpha value is -2.34. The molecule has 0 aromatic heterocycles. The van der Waals surface area contributed by atoms with Crippen molar-refractivity contribution >= 4 is 11.9 Å². The molecule has 2 saturated heterocycles. The highest BCUT2D eigenvalue weighted by Crippen LogP contribution is 2.51. The summed E-state index contributed by atoms with van der Waals surface area (Å²) < 4.78 is 12.5. The van der Waals surface area contributed by atoms with Crippen LogP contribution in [0.1, 0.15) is 105 Å². The van der Waals surface area contributed by atoms with E-state index in [0.29, 0.717) is 41.3 Å². The molecule has 4 aliphatic rings. The highest BCUT2D eigenvalue weighted by atomic mass is 16.7. The zero-order chi connectivity index (χ0) is 30.2. The van der Waals surface area contributed by atoms with Crippen molar-refractivity contribution < 1.29 is 23.9 Å². The second kappa shape index (κ2) is 12.7. The van der Waals surface area contributed by atoms with Crippen LogP contribution in [0.2, 0.25) is 0 Å². The minimum Gasteiger partial charge on any atom is -0.461 e. The number of rotatable bonds is 7. The van der Waals surface area contributed by atoms with Crippen molar-refractivity contribution in [3.63, 3.8) is 0 Å². The number of benzene rings is 1. The number of ether oxygens (including phenoxy) is 2. The van der Waals surface area contributed by atoms with Crippen LogP contribution in [0.3, 0.4) is 0 Å². The molecule has 0 N–H and O–H groups in total. The fraction of sp³-hybridized carbons (Fsp3) is 0.722. The average Bonchev–Trinajstić information content (AvgIpc) is 3.45. The van der Waals surface area contributed by atoms with Crippen LogP contribution in [0.4, 0.5) is 0 Å². The van der Waals surface area contributed by atoms with E-state index in [-0.39, 0.29) is 24.2 Å². The first-order valence-electron chi connectivity index (χ1n) is 16.6. The lowest BCUT2D eigenvalue weighted by Gasteiger charge is -2.37. The van der Waals surface area contributed by atoms with Crippen molar-refractivity contribution in [2.45, 2.75) is 124 Å². The normalized spacial score (nSPS) is 38.0. The van der Waals surface area contributed by atoms with E-state index in [1.54, 1.807) is 0 Å². The largest absolute Gasteiger partial charge is 0.461 e. The maximum absolute atomic E-state index is 14.1. The number of fused-ring (bicyclic) bond motifs is 1. The molecular weight excluding hydrogens is 526 g/mol. The van der Waals surface area contributed by atoms with Crippen LogP contribution in [-0.2, 0) is 29.4 Å². The monoisotopic (exact) mass is 579 g/mol. The van der Waals surface area contributed by atoms with Gasteiger partial charge in [0.2, 0.25) is 0 Å². The number of nitrogens with zero attached hydrogens (tertiary/aromatic N) is 1. The van der Waals surface area contributed by atoms with Crippen LogP contribution in [-0.4, -0.2) is 35.3 Å². The smallest absolute Gasteiger partial charge is 0.334 e. The van der Waals surface area contributed by atoms with Crippen molar-refractivity contribution in [1.82, 2.24) is 5.06 Å². The van der Waals surface area contributed by atoms with Gasteiger partial charge in [-0.15, -0.1) is 5.06 Å². The van der Waals surface area contributed by atoms with Gasteiger partial charge in [-0.2, -0.15) is 0 Å². The van der Waals surface area contributed by atoms with Gasteiger partial charge in [0.1, 0.15) is 23.9 Å². The van der Waals surface area contributed by atoms with Gasteiger partial charge in [-0.1, -0.05) is 84.7 Å². The van der Waals surface area contributed by atoms with Crippen LogP contribution in [0.15, 0.2) is 42.2 Å². The molecule has 0 bridgehead atoms. The molecule has 4 fully saturated rings. The molecule has 2 aliphatic heterocycles. The molecule has 5 rings (SSSR count). The lowest BCUT2D eigenvalue weighted by Crippen LogP contribution is -2.42. The summed E-state index contributed by atoms with van der Waals surface area (Å²) in [6.07, 6.45) is 9.11. The standard InChI is InChI=1S/C36H53NO5/c1-22(2)27-15-13-24(5)19-30(27)40-33(38)21-32-34(35(39)41-31-20-25(6)14-16-28(31)23(3)4)29-17-18-36(7,37(29)42-32)26-11-9-8-10-12-26/h8-12,21-25,27-31,34H,13-20H2,1-7H3/b32-21-/t24-,25+,27+,28-,29+,30-,31+,34+,36+/m1/s1. The number of carbonyl (C=O) groups excluding carboxylic acids is 2. The van der Waals surface area contributed by atoms with E-state index >= 15 is 0 Å². The number of carbonyl (C=O) groups is 2. The number of esters is 2. The number of hydrogen-bond acceptors (Lipinski definition) is 6. The molecule has 1 aromatic carbocycles. The van der Waals surface area contributed by atoms with Gasteiger partial charge in [-0.25, -0.2) is 4.79 Å². The third kappa shape index (κ3) is 6.30. The molecule has 2 saturated carbocycles. The molecule has 2 heterocycles. The van der Waals surface area contributed by atoms with Gasteiger partial charge in [0.15, 0.2) is 0 Å². The van der Waals surface area contributed by atoms with Crippen molar-refractivity contribution in [3.05, 3.63) is 47.7 Å². The fourth-order valence-electron chi connectivity index (χ4n) is 8.33. The predicted octanol–water partition coefficient (Wildman–Crippen LogP) is 7.82. The van der Waals surface area contributed by atoms with Crippen LogP contribution in [0, 0.1) is 41.4 Å². The van der Waals surface area contributed by atoms with Gasteiger partial charge in [-0.05, 0) is 86.5 Å². The van der Waals surface area contributed by atoms with E-state index in [2.05, 4.69) is 60.6 Å². The van der Waals surface area contributed by atoms with E-state index in [4.69, 9.17) is 14.3 Å². The van der Waals surface area contributed by atoms with Crippen LogP contribution in [0.5, 0.6) is 0 Å². The summed E-state index contributed by atoms with van der Waals surface area (Å²) in [5.41, 5.74) is 0.728. The number of hydrogen-bond donors (Lipinski definition) is 0. The minimum absolute atomic E-state index is 0.110. The van der Waals surface area contributed by atoms with Crippen molar-refractivity contribution in [1.29, 1.82) is 0 Å². The summed E-state index contributed by atoms with van der Waals surface area (Å²) >= 11 is 0. The third-order valence-corrected chi connectivity index (χ3v) is 11.0. The first-order chi connectivity index (χ1) is 20.0. The maximum atomic E-state index is 14.1. The molecule has 0 amide bonds. The van der Waals surface area contributed by atoms with Crippen molar-refractivity contribution in [2.24, 2.45) is 41.4 Å². The molecule has 0 unspecified atom stereocenters. The highest BCUT2D eigenvalue weighted by Gasteiger charge is 2.58. The van der Waals surface area contributed by atoms with E-state index in [1.165, 1.54) is 18.9 Å². The fourth-order valence-corrected chi connectivity index (χ4v) is 8.33. The molecule has 0 radical (unpaired) electrons. The molecule has 0 spiro atoms. The second-order valence-electron chi connectivity index (χ2n) is 14.8. The highest BCUT2D eigenvalue weighted by molar-refractivity contribution is 5.85. The summed E-state index contributed by atoms with van der Waals surface area (Å²) in [7, 11) is 0. The summed E-state index contributed by atoms with van der Waals surface area (Å²) in [6.45, 7) is 15.5. The van der Waals surface area contributed by atoms with Gasteiger partial charge in [0.05, 0.1) is 17.7 Å². The molecule has 9 atom stereocenters. The van der Waals surface area contributed by atoms with E-state index in [0.717, 1.165) is 44.1 Å². The summed E-state index contributed by atoms with van der Waals surface area (Å²) in [5, 5.41) is 1.97. The summed E-state index contributed by atoms with van der Waals surface area (Å²) in [4.78, 5) is 34.1. The first-order valence-corrected chi connectivity index (χ1v) is 16.6. The molecule has 42 heavy (non-hydrogen) atoms. The Balaban J connectivity index is 1.42. The average molecular weight is 580 g/mol. The van der Waals surface area contributed by atoms with Gasteiger partial charge in [0.25, 0.3) is 0 Å². The zero-order valence-electron chi connectivity index (χ0n) is 26.9. The molecule has 6 nitrogen and oxygen atoms in total. The van der Waals surface area contributed by atoms with Gasteiger partial charge >= 0.3 is 11.9 Å². The molecule has 2 aliphatic carbocycles. The lowest BCUT2D eigenvalue weighted by atomic mass is 9.75. The van der Waals surface area contributed by atoms with Crippen molar-refractivity contribution in [2.75, 3.05) is 0 Å². The Bertz CT molecular complexity index is 1130. The third-order valence-electron chi connectivity index (χ3n) is 11.0. The lowest BCUT2D eigenvalue weighted by molar-refractivity contribution is -0.164. The molecule has 1 aromatic rings. The van der Waals surface area contributed by atoms with Crippen molar-refractivity contribution in [3.8, 4) is 0 Å². The Labute approximate surface area is 253 Å². The topological polar surface area (TPSA) is 65.1 Å². The second-order valence-corrected chi connectivity index (χ2v) is 14.8. The summed E-state index contributed by atoms with van der Waals surface area (Å²) in [6, 6.07) is 10.1. The summed E-state index contributed by atoms with van der Waals surface area (Å²) in [5.74, 6) is 1.66. The van der Waals surface area contributed by atoms with Gasteiger partial charge in [0, 0.05) is 0 Å². The van der Waals surface area contributed by atoms with E-state index in [1.807, 2.05) is 23.3 Å². The predicted molar refractivity (Wildman–Crippen MR) is 164 cm³/mol. The van der Waals surface area contributed by atoms with Crippen LogP contribution >= 0.6 is 0 Å². The van der Waals surface area contributed by atoms with Crippen LogP contribution in [0.25, 0.3) is 0 Å².